The van der Waals surface area contributed by atoms with Crippen LogP contribution in [0.15, 0.2) is 84.9 Å². The van der Waals surface area contributed by atoms with Gasteiger partial charge in [0.15, 0.2) is 5.52 Å². The smallest absolute Gasteiger partial charge is 0.458 e. The first-order valence-electron chi connectivity index (χ1n) is 7.91. The number of nitrogens with zero attached hydrogens (tertiary/aromatic N) is 3. The van der Waals surface area contributed by atoms with Gasteiger partial charge in [-0.3, -0.25) is 5.73 Å². The first kappa shape index (κ1) is 23.3. The molecule has 4 rings (SSSR count). The van der Waals surface area contributed by atoms with Gasteiger partial charge >= 0.3 is 5.95 Å². The Labute approximate surface area is 168 Å². The quantitative estimate of drug-likeness (QED) is 0.218. The van der Waals surface area contributed by atoms with E-state index < -0.39 is 0 Å². The average Bonchev–Trinajstić information content (AvgIpc) is 3.40. The van der Waals surface area contributed by atoms with E-state index in [2.05, 4.69) is 5.10 Å². The van der Waals surface area contributed by atoms with Crippen LogP contribution in [0.4, 0.5) is 5.95 Å². The van der Waals surface area contributed by atoms with Gasteiger partial charge in [-0.1, -0.05) is 26.0 Å². The predicted octanol–water partition coefficient (Wildman–Crippen LogP) is 2.92. The van der Waals surface area contributed by atoms with Crippen LogP contribution in [0.25, 0.3) is 11.0 Å². The van der Waals surface area contributed by atoms with E-state index in [0.717, 1.165) is 0 Å². The number of fused-ring (bicyclic) bond motifs is 1. The fraction of sp³-hybridized carbons (Fsp3) is 0.105. The summed E-state index contributed by atoms with van der Waals surface area (Å²) in [5.41, 5.74) is 5.62. The molecule has 0 atom stereocenters. The molecule has 3 aromatic carbocycles. The van der Waals surface area contributed by atoms with Crippen molar-refractivity contribution >= 4 is 17.0 Å². The van der Waals surface area contributed by atoms with E-state index in [-0.39, 0.29) is 38.7 Å². The largest absolute Gasteiger partial charge is 0.748 e. The Hall–Kier alpha value is -2.70. The fourth-order valence-corrected chi connectivity index (χ4v) is 1.75. The first-order valence-corrected chi connectivity index (χ1v) is 7.91. The molecule has 0 amide bonds. The van der Waals surface area contributed by atoms with Crippen molar-refractivity contribution in [1.82, 2.24) is 5.10 Å². The van der Waals surface area contributed by atoms with Crippen LogP contribution in [0.3, 0.4) is 0 Å². The van der Waals surface area contributed by atoms with Gasteiger partial charge in [-0.2, -0.15) is 18.2 Å². The number of benzene rings is 1. The Morgan fingerprint density at radius 2 is 1.31 bits per heavy atom. The Balaban J connectivity index is 0.000000399. The molecular weight excluding hydrogens is 364 g/mol. The zero-order chi connectivity index (χ0) is 18.5. The van der Waals surface area contributed by atoms with Crippen LogP contribution in [0, 0.1) is 10.4 Å². The van der Waals surface area contributed by atoms with Crippen LogP contribution in [0.5, 0.6) is 0 Å². The second-order valence-corrected chi connectivity index (χ2v) is 4.44. The number of rotatable bonds is 0. The van der Waals surface area contributed by atoms with Gasteiger partial charge in [0.05, 0.1) is 0 Å². The third-order valence-electron chi connectivity index (χ3n) is 2.82. The molecule has 140 valence electrons. The summed E-state index contributed by atoms with van der Waals surface area (Å²) in [5, 5.41) is 25.7. The molecule has 0 unspecified atom stereocenters. The number of para-hydroxylation sites is 2. The molecule has 0 aliphatic rings. The summed E-state index contributed by atoms with van der Waals surface area (Å²) in [4.78, 5) is 0.332. The van der Waals surface area contributed by atoms with Gasteiger partial charge in [-0.15, -0.1) is 0 Å². The number of hydrogen-bond acceptors (Lipinski definition) is 4. The van der Waals surface area contributed by atoms with Crippen LogP contribution in [0.2, 0.25) is 0 Å². The number of hydrogen-bond donors (Lipinski definition) is 1. The molecular formula is C19H22N4O2Ti-6. The number of anilines is 1. The molecule has 0 saturated heterocycles. The van der Waals surface area contributed by atoms with E-state index in [1.54, 1.807) is 12.1 Å². The molecule has 0 spiro atoms. The summed E-state index contributed by atoms with van der Waals surface area (Å²) in [7, 11) is 0. The Bertz CT molecular complexity index is 758. The summed E-state index contributed by atoms with van der Waals surface area (Å²) >= 11 is 0. The Morgan fingerprint density at radius 3 is 1.73 bits per heavy atom. The molecule has 2 N–H and O–H groups in total. The van der Waals surface area contributed by atoms with Crippen molar-refractivity contribution in [2.45, 2.75) is 13.8 Å². The standard InChI is InChI=1S/C7H6N4O2.2C5H5.C2H6.Ti/c8-7-9-11(13)6-4-2-1-3-5(6)10(7)12;2*1-2-4-5-3-1;1-2;/h1-4H,(H2,8,9);2*1-5H;1-2H3;/q;-5;-1;;. The zero-order valence-corrected chi connectivity index (χ0v) is 16.4. The van der Waals surface area contributed by atoms with Crippen molar-refractivity contribution in [2.24, 2.45) is 0 Å². The van der Waals surface area contributed by atoms with Crippen LogP contribution < -0.4 is 15.3 Å². The molecule has 7 heteroatoms. The van der Waals surface area contributed by atoms with Crippen molar-refractivity contribution in [1.29, 1.82) is 0 Å². The first-order chi connectivity index (χ1) is 12.2. The molecule has 0 aliphatic heterocycles. The summed E-state index contributed by atoms with van der Waals surface area (Å²) in [6, 6.07) is 26.3. The van der Waals surface area contributed by atoms with Crippen LogP contribution in [-0.2, 0) is 21.7 Å². The molecule has 0 saturated carbocycles. The fourth-order valence-electron chi connectivity index (χ4n) is 1.75. The SMILES string of the molecule is CC.Nc1n[n+]([O-])c2ccccc2[n+]1[O-].[Ti].[cH-]1[cH-][cH-][cH-][cH-]1.c1cc[cH-]c1. The van der Waals surface area contributed by atoms with E-state index >= 15 is 0 Å². The number of aromatic nitrogens is 3. The van der Waals surface area contributed by atoms with Gasteiger partial charge in [0.25, 0.3) is 5.52 Å². The minimum atomic E-state index is -0.353. The Morgan fingerprint density at radius 1 is 0.846 bits per heavy atom. The van der Waals surface area contributed by atoms with Crippen LogP contribution in [-0.4, -0.2) is 5.10 Å². The molecule has 6 nitrogen and oxygen atoms in total. The Kier molecular flexibility index (Phi) is 12.2. The van der Waals surface area contributed by atoms with Crippen LogP contribution >= 0.6 is 0 Å². The molecule has 4 aromatic rings. The molecule has 1 heterocycles. The van der Waals surface area contributed by atoms with E-state index in [1.807, 2.05) is 74.5 Å². The summed E-state index contributed by atoms with van der Waals surface area (Å²) in [6.45, 7) is 4.00. The van der Waals surface area contributed by atoms with Crippen molar-refractivity contribution in [2.75, 3.05) is 5.73 Å². The topological polar surface area (TPSA) is 92.8 Å². The number of nitrogens with two attached hydrogens (primary N) is 1. The van der Waals surface area contributed by atoms with Gasteiger partial charge in [-0.05, 0) is 6.07 Å². The van der Waals surface area contributed by atoms with Crippen molar-refractivity contribution in [3.8, 4) is 0 Å². The third kappa shape index (κ3) is 7.46. The van der Waals surface area contributed by atoms with Gasteiger partial charge in [0.1, 0.15) is 0 Å². The summed E-state index contributed by atoms with van der Waals surface area (Å²) in [6.07, 6.45) is 0. The molecule has 0 bridgehead atoms. The maximum Gasteiger partial charge on any atom is 0.458 e. The van der Waals surface area contributed by atoms with Crippen LogP contribution in [0.1, 0.15) is 13.8 Å². The normalized spacial score (nSPS) is 8.54. The maximum absolute atomic E-state index is 11.3. The van der Waals surface area contributed by atoms with Crippen molar-refractivity contribution < 1.29 is 31.3 Å². The number of nitrogen functional groups attached to an aromatic ring is 1. The minimum Gasteiger partial charge on any atom is -0.748 e. The molecule has 0 fully saturated rings. The van der Waals surface area contributed by atoms with Gasteiger partial charge in [0, 0.05) is 32.6 Å². The molecule has 0 radical (unpaired) electrons. The minimum absolute atomic E-state index is 0. The van der Waals surface area contributed by atoms with E-state index in [0.29, 0.717) is 9.58 Å². The summed E-state index contributed by atoms with van der Waals surface area (Å²) < 4.78 is 0.420. The van der Waals surface area contributed by atoms with Gasteiger partial charge in [0.2, 0.25) is 5.10 Å². The third-order valence-corrected chi connectivity index (χ3v) is 2.82. The van der Waals surface area contributed by atoms with E-state index in [1.165, 1.54) is 12.1 Å². The van der Waals surface area contributed by atoms with Gasteiger partial charge < -0.3 is 40.7 Å². The van der Waals surface area contributed by atoms with E-state index in [9.17, 15) is 10.4 Å². The summed E-state index contributed by atoms with van der Waals surface area (Å²) in [5.74, 6) is -0.353. The van der Waals surface area contributed by atoms with Crippen molar-refractivity contribution in [3.63, 3.8) is 0 Å². The van der Waals surface area contributed by atoms with Crippen molar-refractivity contribution in [3.05, 3.63) is 95.3 Å². The molecule has 0 aliphatic carbocycles. The second-order valence-electron chi connectivity index (χ2n) is 4.44. The second kappa shape index (κ2) is 13.6. The van der Waals surface area contributed by atoms with Gasteiger partial charge in [-0.25, -0.2) is 16.9 Å². The molecule has 1 aromatic heterocycles. The monoisotopic (exact) mass is 386 g/mol. The molecule has 26 heavy (non-hydrogen) atoms. The predicted molar refractivity (Wildman–Crippen MR) is 99.5 cm³/mol. The zero-order valence-electron chi connectivity index (χ0n) is 14.8. The maximum atomic E-state index is 11.3. The van der Waals surface area contributed by atoms with E-state index in [4.69, 9.17) is 5.73 Å². The average molecular weight is 386 g/mol.